The molecule has 0 amide bonds. The summed E-state index contributed by atoms with van der Waals surface area (Å²) in [5.74, 6) is 1.63. The summed E-state index contributed by atoms with van der Waals surface area (Å²) < 4.78 is 1.17. The molecule has 0 saturated carbocycles. The Labute approximate surface area is 138 Å². The molecule has 6 heteroatoms. The van der Waals surface area contributed by atoms with Gasteiger partial charge in [0.1, 0.15) is 0 Å². The number of anilines is 1. The minimum atomic E-state index is 0.268. The number of halogens is 1. The van der Waals surface area contributed by atoms with Crippen LogP contribution in [0.25, 0.3) is 11.4 Å². The summed E-state index contributed by atoms with van der Waals surface area (Å²) in [4.78, 5) is 6.91. The molecule has 1 aromatic heterocycles. The van der Waals surface area contributed by atoms with Crippen LogP contribution in [0.3, 0.4) is 0 Å². The highest BCUT2D eigenvalue weighted by atomic mass is 127. The number of aromatic amines is 1. The third kappa shape index (κ3) is 3.06. The molecule has 0 bridgehead atoms. The summed E-state index contributed by atoms with van der Waals surface area (Å²) >= 11 is 2.32. The van der Waals surface area contributed by atoms with Crippen molar-refractivity contribution in [2.24, 2.45) is 11.1 Å². The van der Waals surface area contributed by atoms with E-state index < -0.39 is 0 Å². The molecule has 1 aromatic carbocycles. The molecule has 3 rings (SSSR count). The van der Waals surface area contributed by atoms with Crippen molar-refractivity contribution in [3.63, 3.8) is 0 Å². The van der Waals surface area contributed by atoms with Gasteiger partial charge in [-0.2, -0.15) is 4.98 Å². The van der Waals surface area contributed by atoms with Crippen molar-refractivity contribution in [1.29, 1.82) is 0 Å². The summed E-state index contributed by atoms with van der Waals surface area (Å²) in [6.07, 6.45) is 2.19. The Morgan fingerprint density at radius 1 is 1.33 bits per heavy atom. The maximum absolute atomic E-state index is 5.86. The fourth-order valence-corrected chi connectivity index (χ4v) is 3.26. The number of nitrogens with zero attached hydrogens (tertiary/aromatic N) is 3. The van der Waals surface area contributed by atoms with Crippen molar-refractivity contribution in [3.8, 4) is 11.4 Å². The highest BCUT2D eigenvalue weighted by Crippen LogP contribution is 2.31. The van der Waals surface area contributed by atoms with Crippen molar-refractivity contribution in [1.82, 2.24) is 15.2 Å². The van der Waals surface area contributed by atoms with Gasteiger partial charge in [-0.15, -0.1) is 5.10 Å². The van der Waals surface area contributed by atoms with Crippen molar-refractivity contribution in [2.75, 3.05) is 24.5 Å². The van der Waals surface area contributed by atoms with E-state index in [0.29, 0.717) is 0 Å². The standard InChI is InChI=1S/C15H20IN5/c1-15(10-17)6-8-21(9-7-15)14-18-13(19-20-14)11-4-2-3-5-12(11)16/h2-5H,6-10,17H2,1H3,(H,18,19,20). The fourth-order valence-electron chi connectivity index (χ4n) is 2.62. The zero-order valence-electron chi connectivity index (χ0n) is 12.1. The number of hydrogen-bond donors (Lipinski definition) is 2. The van der Waals surface area contributed by atoms with Gasteiger partial charge in [0.2, 0.25) is 5.95 Å². The van der Waals surface area contributed by atoms with Crippen LogP contribution in [0, 0.1) is 8.99 Å². The third-order valence-corrected chi connectivity index (χ3v) is 5.29. The van der Waals surface area contributed by atoms with Crippen LogP contribution in [-0.2, 0) is 0 Å². The van der Waals surface area contributed by atoms with Crippen LogP contribution in [0.5, 0.6) is 0 Å². The maximum Gasteiger partial charge on any atom is 0.245 e. The second-order valence-electron chi connectivity index (χ2n) is 5.97. The number of aromatic nitrogens is 3. The van der Waals surface area contributed by atoms with E-state index in [2.05, 4.69) is 61.7 Å². The first-order valence-corrected chi connectivity index (χ1v) is 8.31. The van der Waals surface area contributed by atoms with E-state index in [1.807, 2.05) is 12.1 Å². The summed E-state index contributed by atoms with van der Waals surface area (Å²) in [5, 5.41) is 7.45. The van der Waals surface area contributed by atoms with Crippen molar-refractivity contribution in [3.05, 3.63) is 27.8 Å². The van der Waals surface area contributed by atoms with Crippen LogP contribution in [0.2, 0.25) is 0 Å². The van der Waals surface area contributed by atoms with Gasteiger partial charge in [-0.1, -0.05) is 25.1 Å². The molecule has 1 fully saturated rings. The van der Waals surface area contributed by atoms with Gasteiger partial charge in [0.25, 0.3) is 0 Å². The predicted octanol–water partition coefficient (Wildman–Crippen LogP) is 2.64. The number of nitrogens with two attached hydrogens (primary N) is 1. The van der Waals surface area contributed by atoms with Gasteiger partial charge in [0, 0.05) is 22.2 Å². The van der Waals surface area contributed by atoms with E-state index in [1.54, 1.807) is 0 Å². The van der Waals surface area contributed by atoms with E-state index in [9.17, 15) is 0 Å². The van der Waals surface area contributed by atoms with Gasteiger partial charge >= 0.3 is 0 Å². The summed E-state index contributed by atoms with van der Waals surface area (Å²) in [6, 6.07) is 8.19. The first-order valence-electron chi connectivity index (χ1n) is 7.24. The lowest BCUT2D eigenvalue weighted by Crippen LogP contribution is -2.42. The maximum atomic E-state index is 5.86. The van der Waals surface area contributed by atoms with Crippen LogP contribution < -0.4 is 10.6 Å². The molecule has 0 spiro atoms. The second kappa shape index (κ2) is 5.92. The van der Waals surface area contributed by atoms with Gasteiger partial charge in [-0.3, -0.25) is 5.10 Å². The summed E-state index contributed by atoms with van der Waals surface area (Å²) in [5.41, 5.74) is 7.23. The van der Waals surface area contributed by atoms with Crippen molar-refractivity contribution < 1.29 is 0 Å². The first kappa shape index (κ1) is 14.8. The highest BCUT2D eigenvalue weighted by molar-refractivity contribution is 14.1. The molecule has 112 valence electrons. The van der Waals surface area contributed by atoms with Crippen LogP contribution in [0.4, 0.5) is 5.95 Å². The average molecular weight is 397 g/mol. The van der Waals surface area contributed by atoms with Crippen LogP contribution in [0.15, 0.2) is 24.3 Å². The molecule has 1 aliphatic rings. The average Bonchev–Trinajstić information content (AvgIpc) is 2.98. The molecule has 5 nitrogen and oxygen atoms in total. The van der Waals surface area contributed by atoms with E-state index in [-0.39, 0.29) is 5.41 Å². The number of H-pyrrole nitrogens is 1. The number of piperidine rings is 1. The Kier molecular flexibility index (Phi) is 4.17. The minimum absolute atomic E-state index is 0.268. The first-order chi connectivity index (χ1) is 10.1. The zero-order chi connectivity index (χ0) is 14.9. The highest BCUT2D eigenvalue weighted by Gasteiger charge is 2.30. The Balaban J connectivity index is 1.76. The van der Waals surface area contributed by atoms with Gasteiger partial charge in [-0.25, -0.2) is 0 Å². The summed E-state index contributed by atoms with van der Waals surface area (Å²) in [7, 11) is 0. The minimum Gasteiger partial charge on any atom is -0.339 e. The molecule has 3 N–H and O–H groups in total. The van der Waals surface area contributed by atoms with Crippen LogP contribution in [0.1, 0.15) is 19.8 Å². The molecule has 2 heterocycles. The topological polar surface area (TPSA) is 70.8 Å². The molecule has 0 atom stereocenters. The van der Waals surface area contributed by atoms with Gasteiger partial charge < -0.3 is 10.6 Å². The SMILES string of the molecule is CC1(CN)CCN(c2n[nH]c(-c3ccccc3I)n2)CC1. The monoisotopic (exact) mass is 397 g/mol. The number of nitrogens with one attached hydrogen (secondary N) is 1. The van der Waals surface area contributed by atoms with Gasteiger partial charge in [0.15, 0.2) is 5.82 Å². The predicted molar refractivity (Wildman–Crippen MR) is 93.1 cm³/mol. The number of hydrogen-bond acceptors (Lipinski definition) is 4. The van der Waals surface area contributed by atoms with Crippen LogP contribution in [-0.4, -0.2) is 34.8 Å². The molecule has 21 heavy (non-hydrogen) atoms. The smallest absolute Gasteiger partial charge is 0.245 e. The number of rotatable bonds is 3. The van der Waals surface area contributed by atoms with Crippen molar-refractivity contribution >= 4 is 28.5 Å². The van der Waals surface area contributed by atoms with Crippen LogP contribution >= 0.6 is 22.6 Å². The Morgan fingerprint density at radius 2 is 2.05 bits per heavy atom. The Hall–Kier alpha value is -1.15. The van der Waals surface area contributed by atoms with E-state index >= 15 is 0 Å². The lowest BCUT2D eigenvalue weighted by atomic mass is 9.81. The molecule has 0 unspecified atom stereocenters. The molecular weight excluding hydrogens is 377 g/mol. The lowest BCUT2D eigenvalue weighted by Gasteiger charge is -2.38. The third-order valence-electron chi connectivity index (χ3n) is 4.35. The number of benzene rings is 1. The van der Waals surface area contributed by atoms with E-state index in [1.165, 1.54) is 3.57 Å². The molecular formula is C15H20IN5. The largest absolute Gasteiger partial charge is 0.339 e. The van der Waals surface area contributed by atoms with Crippen molar-refractivity contribution in [2.45, 2.75) is 19.8 Å². The lowest BCUT2D eigenvalue weighted by molar-refractivity contribution is 0.257. The molecule has 1 saturated heterocycles. The fraction of sp³-hybridized carbons (Fsp3) is 0.467. The quantitative estimate of drug-likeness (QED) is 0.782. The summed E-state index contributed by atoms with van der Waals surface area (Å²) in [6.45, 7) is 4.95. The zero-order valence-corrected chi connectivity index (χ0v) is 14.3. The second-order valence-corrected chi connectivity index (χ2v) is 7.13. The Morgan fingerprint density at radius 3 is 2.71 bits per heavy atom. The molecule has 0 aliphatic carbocycles. The molecule has 0 radical (unpaired) electrons. The normalized spacial score (nSPS) is 18.0. The van der Waals surface area contributed by atoms with E-state index in [4.69, 9.17) is 5.73 Å². The molecule has 2 aromatic rings. The van der Waals surface area contributed by atoms with E-state index in [0.717, 1.165) is 49.8 Å². The van der Waals surface area contributed by atoms with Gasteiger partial charge in [0.05, 0.1) is 0 Å². The molecule has 1 aliphatic heterocycles. The van der Waals surface area contributed by atoms with Gasteiger partial charge in [-0.05, 0) is 53.5 Å². The Bertz CT molecular complexity index is 616.